The first-order valence-electron chi connectivity index (χ1n) is 10.8. The summed E-state index contributed by atoms with van der Waals surface area (Å²) in [5.74, 6) is 0.510. The molecule has 0 aliphatic heterocycles. The van der Waals surface area contributed by atoms with Crippen LogP contribution >= 0.6 is 0 Å². The van der Waals surface area contributed by atoms with E-state index < -0.39 is 0 Å². The molecule has 0 bridgehead atoms. The summed E-state index contributed by atoms with van der Waals surface area (Å²) in [5, 5.41) is 17.7. The molecule has 0 radical (unpaired) electrons. The lowest BCUT2D eigenvalue weighted by molar-refractivity contribution is 0.282. The zero-order valence-electron chi connectivity index (χ0n) is 19.5. The van der Waals surface area contributed by atoms with Gasteiger partial charge in [-0.15, -0.1) is 5.10 Å². The van der Waals surface area contributed by atoms with Crippen LogP contribution in [0.5, 0.6) is 0 Å². The number of fused-ring (bicyclic) bond motifs is 1. The fourth-order valence-electron chi connectivity index (χ4n) is 3.71. The number of hydrogen-bond donors (Lipinski definition) is 0. The number of aryl methyl sites for hydroxylation is 3. The molecule has 9 nitrogen and oxygen atoms in total. The molecule has 0 saturated carbocycles. The molecular weight excluding hydrogens is 418 g/mol. The average molecular weight is 446 g/mol. The predicted molar refractivity (Wildman–Crippen MR) is 129 cm³/mol. The second-order valence-corrected chi connectivity index (χ2v) is 7.86. The third kappa shape index (κ3) is 4.34. The summed E-state index contributed by atoms with van der Waals surface area (Å²) in [6.45, 7) is 6.11. The van der Waals surface area contributed by atoms with Gasteiger partial charge in [-0.05, 0) is 42.0 Å². The van der Waals surface area contributed by atoms with Gasteiger partial charge in [0.15, 0.2) is 0 Å². The van der Waals surface area contributed by atoms with E-state index in [4.69, 9.17) is 4.74 Å². The first-order chi connectivity index (χ1) is 15.9. The number of ether oxygens (including phenoxy) is 1. The predicted octanol–water partition coefficient (Wildman–Crippen LogP) is 3.52. The highest BCUT2D eigenvalue weighted by Gasteiger charge is 2.14. The van der Waals surface area contributed by atoms with E-state index >= 15 is 0 Å². The van der Waals surface area contributed by atoms with Crippen molar-refractivity contribution < 1.29 is 4.74 Å². The van der Waals surface area contributed by atoms with Crippen LogP contribution in [-0.2, 0) is 25.4 Å². The van der Waals surface area contributed by atoms with Gasteiger partial charge in [-0.2, -0.15) is 14.5 Å². The molecule has 0 atom stereocenters. The number of benzene rings is 2. The van der Waals surface area contributed by atoms with E-state index in [0.29, 0.717) is 18.0 Å². The molecule has 0 amide bonds. The maximum Gasteiger partial charge on any atom is 0.368 e. The lowest BCUT2D eigenvalue weighted by Gasteiger charge is -2.13. The summed E-state index contributed by atoms with van der Waals surface area (Å²) in [6, 6.07) is 13.9. The number of nitrogens with zero attached hydrogens (tertiary/aromatic N) is 7. The Labute approximate surface area is 191 Å². The molecule has 9 heteroatoms. The molecule has 0 fully saturated rings. The molecule has 0 spiro atoms. The lowest BCUT2D eigenvalue weighted by atomic mass is 10.1. The van der Waals surface area contributed by atoms with Gasteiger partial charge < -0.3 is 9.30 Å². The Morgan fingerprint density at radius 3 is 2.58 bits per heavy atom. The second kappa shape index (κ2) is 9.23. The molecule has 170 valence electrons. The molecule has 0 N–H and O–H groups in total. The van der Waals surface area contributed by atoms with Crippen LogP contribution in [-0.4, -0.2) is 36.0 Å². The standard InChI is InChI=1S/C24H27N7O2/c1-6-23(26-25-17(3)19-14-29(4)21-12-8-7-11-18(19)21)33-15-20-16(2)10-9-13-22(20)31-24(32)30(5)27-28-31/h7-14H,6,15H2,1-5H3/b25-17-,26-23+. The molecule has 2 aromatic carbocycles. The summed E-state index contributed by atoms with van der Waals surface area (Å²) in [5.41, 5.74) is 5.14. The van der Waals surface area contributed by atoms with Crippen LogP contribution in [0.3, 0.4) is 0 Å². The SMILES string of the molecule is CC/C(=N\N=C(\C)c1cn(C)c2ccccc12)OCc1c(C)cccc1-n1nnn(C)c1=O. The molecule has 0 aliphatic carbocycles. The van der Waals surface area contributed by atoms with Crippen molar-refractivity contribution in [2.45, 2.75) is 33.8 Å². The van der Waals surface area contributed by atoms with E-state index in [2.05, 4.69) is 43.5 Å². The summed E-state index contributed by atoms with van der Waals surface area (Å²) >= 11 is 0. The molecule has 2 aromatic heterocycles. The van der Waals surface area contributed by atoms with Crippen molar-refractivity contribution in [3.63, 3.8) is 0 Å². The fraction of sp³-hybridized carbons (Fsp3) is 0.292. The zero-order chi connectivity index (χ0) is 23.5. The minimum absolute atomic E-state index is 0.237. The molecule has 0 aliphatic rings. The summed E-state index contributed by atoms with van der Waals surface area (Å²) < 4.78 is 10.6. The van der Waals surface area contributed by atoms with E-state index in [-0.39, 0.29) is 12.3 Å². The van der Waals surface area contributed by atoms with Gasteiger partial charge in [-0.1, -0.05) is 37.3 Å². The number of rotatable bonds is 6. The fourth-order valence-corrected chi connectivity index (χ4v) is 3.71. The molecule has 0 unspecified atom stereocenters. The van der Waals surface area contributed by atoms with Crippen LogP contribution in [0.2, 0.25) is 0 Å². The van der Waals surface area contributed by atoms with Gasteiger partial charge in [0.05, 0.1) is 11.4 Å². The van der Waals surface area contributed by atoms with Crippen LogP contribution in [0.25, 0.3) is 16.6 Å². The highest BCUT2D eigenvalue weighted by molar-refractivity contribution is 6.09. The normalized spacial score (nSPS) is 12.5. The zero-order valence-corrected chi connectivity index (χ0v) is 19.5. The number of hydrogen-bond acceptors (Lipinski definition) is 6. The maximum absolute atomic E-state index is 12.4. The average Bonchev–Trinajstić information content (AvgIpc) is 3.33. The molecule has 0 saturated heterocycles. The third-order valence-corrected chi connectivity index (χ3v) is 5.62. The summed E-state index contributed by atoms with van der Waals surface area (Å²) in [4.78, 5) is 12.4. The van der Waals surface area contributed by atoms with Crippen molar-refractivity contribution in [1.82, 2.24) is 24.4 Å². The molecule has 4 rings (SSSR count). The maximum atomic E-state index is 12.4. The van der Waals surface area contributed by atoms with E-state index in [1.807, 2.05) is 58.2 Å². The molecule has 4 aromatic rings. The van der Waals surface area contributed by atoms with Crippen molar-refractivity contribution in [2.75, 3.05) is 0 Å². The summed E-state index contributed by atoms with van der Waals surface area (Å²) in [7, 11) is 3.58. The van der Waals surface area contributed by atoms with E-state index in [9.17, 15) is 4.79 Å². The second-order valence-electron chi connectivity index (χ2n) is 7.86. The Hall–Kier alpha value is -4.01. The van der Waals surface area contributed by atoms with Crippen LogP contribution in [0.1, 0.15) is 37.0 Å². The number of tetrazole rings is 1. The van der Waals surface area contributed by atoms with Crippen molar-refractivity contribution in [1.29, 1.82) is 0 Å². The Kier molecular flexibility index (Phi) is 6.21. The largest absolute Gasteiger partial charge is 0.475 e. The first kappa shape index (κ1) is 22.2. The van der Waals surface area contributed by atoms with Gasteiger partial charge in [0.1, 0.15) is 6.61 Å². The highest BCUT2D eigenvalue weighted by Crippen LogP contribution is 2.21. The van der Waals surface area contributed by atoms with Crippen LogP contribution in [0.15, 0.2) is 63.7 Å². The smallest absolute Gasteiger partial charge is 0.368 e. The van der Waals surface area contributed by atoms with Crippen LogP contribution in [0, 0.1) is 6.92 Å². The Balaban J connectivity index is 1.59. The highest BCUT2D eigenvalue weighted by atomic mass is 16.5. The van der Waals surface area contributed by atoms with Gasteiger partial charge in [-0.25, -0.2) is 4.79 Å². The van der Waals surface area contributed by atoms with Gasteiger partial charge in [-0.3, -0.25) is 0 Å². The Bertz CT molecular complexity index is 1420. The third-order valence-electron chi connectivity index (χ3n) is 5.62. The van der Waals surface area contributed by atoms with Crippen LogP contribution in [0.4, 0.5) is 0 Å². The quantitative estimate of drug-likeness (QED) is 0.258. The van der Waals surface area contributed by atoms with Crippen molar-refractivity contribution in [3.8, 4) is 5.69 Å². The van der Waals surface area contributed by atoms with Crippen LogP contribution < -0.4 is 5.69 Å². The molecule has 2 heterocycles. The van der Waals surface area contributed by atoms with Gasteiger partial charge >= 0.3 is 5.69 Å². The molecular formula is C24H27N7O2. The van der Waals surface area contributed by atoms with E-state index in [0.717, 1.165) is 33.3 Å². The summed E-state index contributed by atoms with van der Waals surface area (Å²) in [6.07, 6.45) is 2.64. The van der Waals surface area contributed by atoms with Gasteiger partial charge in [0.2, 0.25) is 5.90 Å². The minimum atomic E-state index is -0.318. The first-order valence-corrected chi connectivity index (χ1v) is 10.8. The van der Waals surface area contributed by atoms with Gasteiger partial charge in [0, 0.05) is 48.7 Å². The Morgan fingerprint density at radius 1 is 1.06 bits per heavy atom. The number of aromatic nitrogens is 5. The van der Waals surface area contributed by atoms with E-state index in [1.54, 1.807) is 7.05 Å². The van der Waals surface area contributed by atoms with Crippen molar-refractivity contribution in [2.24, 2.45) is 24.3 Å². The number of para-hydroxylation sites is 1. The Morgan fingerprint density at radius 2 is 1.85 bits per heavy atom. The molecule has 33 heavy (non-hydrogen) atoms. The van der Waals surface area contributed by atoms with Gasteiger partial charge in [0.25, 0.3) is 0 Å². The van der Waals surface area contributed by atoms with Crippen molar-refractivity contribution >= 4 is 22.5 Å². The topological polar surface area (TPSA) is 91.6 Å². The van der Waals surface area contributed by atoms with Crippen molar-refractivity contribution in [3.05, 3.63) is 75.8 Å². The lowest BCUT2D eigenvalue weighted by Crippen LogP contribution is -2.23. The minimum Gasteiger partial charge on any atom is -0.475 e. The monoisotopic (exact) mass is 445 g/mol. The van der Waals surface area contributed by atoms with E-state index in [1.165, 1.54) is 9.36 Å².